The summed E-state index contributed by atoms with van der Waals surface area (Å²) in [5, 5.41) is 9.60. The summed E-state index contributed by atoms with van der Waals surface area (Å²) in [6, 6.07) is 55.1. The summed E-state index contributed by atoms with van der Waals surface area (Å²) in [4.78, 5) is 4.40. The first-order valence-electron chi connectivity index (χ1n) is 17.5. The van der Waals surface area contributed by atoms with Gasteiger partial charge in [0.05, 0.1) is 27.8 Å². The first kappa shape index (κ1) is 28.1. The number of para-hydroxylation sites is 3. The molecule has 52 heavy (non-hydrogen) atoms. The molecule has 12 rings (SSSR count). The van der Waals surface area contributed by atoms with Crippen LogP contribution in [0, 0.1) is 0 Å². The highest BCUT2D eigenvalue weighted by Crippen LogP contribution is 2.45. The van der Waals surface area contributed by atoms with Crippen molar-refractivity contribution in [2.45, 2.75) is 0 Å². The van der Waals surface area contributed by atoms with Crippen molar-refractivity contribution >= 4 is 97.1 Å². The van der Waals surface area contributed by atoms with Gasteiger partial charge in [-0.2, -0.15) is 0 Å². The minimum atomic E-state index is 0.840. The molecule has 7 aromatic carbocycles. The van der Waals surface area contributed by atoms with Crippen LogP contribution in [-0.4, -0.2) is 14.1 Å². The largest absolute Gasteiger partial charge is 0.454 e. The first-order chi connectivity index (χ1) is 25.8. The smallest absolute Gasteiger partial charge is 0.159 e. The van der Waals surface area contributed by atoms with Crippen molar-refractivity contribution in [3.63, 3.8) is 0 Å². The minimum absolute atomic E-state index is 0.840. The average molecular weight is 682 g/mol. The van der Waals surface area contributed by atoms with E-state index in [4.69, 9.17) is 4.42 Å². The number of fused-ring (bicyclic) bond motifs is 13. The molecule has 242 valence electrons. The van der Waals surface area contributed by atoms with Gasteiger partial charge in [0.2, 0.25) is 0 Å². The lowest BCUT2D eigenvalue weighted by Gasteiger charge is -2.12. The molecule has 5 aromatic heterocycles. The van der Waals surface area contributed by atoms with Crippen molar-refractivity contribution in [2.75, 3.05) is 0 Å². The number of nitrogens with zero attached hydrogens (tertiary/aromatic N) is 3. The second kappa shape index (κ2) is 10.4. The molecule has 0 N–H and O–H groups in total. The minimum Gasteiger partial charge on any atom is -0.454 e. The maximum Gasteiger partial charge on any atom is 0.159 e. The molecular formula is C47H27N3OS. The second-order valence-electron chi connectivity index (χ2n) is 13.5. The summed E-state index contributed by atoms with van der Waals surface area (Å²) >= 11 is 1.88. The zero-order valence-corrected chi connectivity index (χ0v) is 28.6. The van der Waals surface area contributed by atoms with Crippen LogP contribution in [0.25, 0.3) is 108 Å². The van der Waals surface area contributed by atoms with Gasteiger partial charge >= 0.3 is 0 Å². The lowest BCUT2D eigenvalue weighted by molar-refractivity contribution is 0.666. The SMILES string of the molecule is c1cc(-c2cccc3c2sc2ccccc23)cc(-n2c3ccccc3c3ccc4c(c5ccccc5n4-c4cccc5c4oc4ccncc45)c32)c1. The molecule has 0 atom stereocenters. The Hall–Kier alpha value is -6.69. The van der Waals surface area contributed by atoms with E-state index < -0.39 is 0 Å². The van der Waals surface area contributed by atoms with Gasteiger partial charge < -0.3 is 13.6 Å². The fourth-order valence-corrected chi connectivity index (χ4v) is 9.86. The Morgan fingerprint density at radius 3 is 2.19 bits per heavy atom. The third-order valence-corrected chi connectivity index (χ3v) is 12.0. The topological polar surface area (TPSA) is 35.9 Å². The zero-order chi connectivity index (χ0) is 33.9. The molecule has 4 nitrogen and oxygen atoms in total. The van der Waals surface area contributed by atoms with Crippen LogP contribution in [0.3, 0.4) is 0 Å². The van der Waals surface area contributed by atoms with Gasteiger partial charge in [0.1, 0.15) is 5.58 Å². The zero-order valence-electron chi connectivity index (χ0n) is 27.7. The van der Waals surface area contributed by atoms with E-state index in [2.05, 4.69) is 160 Å². The lowest BCUT2D eigenvalue weighted by Crippen LogP contribution is -1.96. The molecule has 0 aliphatic heterocycles. The van der Waals surface area contributed by atoms with Gasteiger partial charge in [0.25, 0.3) is 0 Å². The van der Waals surface area contributed by atoms with E-state index in [9.17, 15) is 0 Å². The number of furan rings is 1. The van der Waals surface area contributed by atoms with Crippen LogP contribution in [0.15, 0.2) is 168 Å². The number of hydrogen-bond donors (Lipinski definition) is 0. The Kier molecular flexibility index (Phi) is 5.62. The van der Waals surface area contributed by atoms with Crippen LogP contribution in [0.4, 0.5) is 0 Å². The third-order valence-electron chi connectivity index (χ3n) is 10.8. The number of thiophene rings is 1. The van der Waals surface area contributed by atoms with Crippen molar-refractivity contribution in [1.29, 1.82) is 0 Å². The summed E-state index contributed by atoms with van der Waals surface area (Å²) in [5.74, 6) is 0. The van der Waals surface area contributed by atoms with Crippen LogP contribution in [0.5, 0.6) is 0 Å². The summed E-state index contributed by atoms with van der Waals surface area (Å²) < 4.78 is 14.1. The van der Waals surface area contributed by atoms with Gasteiger partial charge in [-0.25, -0.2) is 0 Å². The summed E-state index contributed by atoms with van der Waals surface area (Å²) in [7, 11) is 0. The highest BCUT2D eigenvalue weighted by molar-refractivity contribution is 7.26. The molecule has 0 saturated carbocycles. The molecule has 0 amide bonds. The number of rotatable bonds is 3. The molecule has 0 fully saturated rings. The van der Waals surface area contributed by atoms with Gasteiger partial charge in [0.15, 0.2) is 5.58 Å². The van der Waals surface area contributed by atoms with Gasteiger partial charge in [0, 0.05) is 70.6 Å². The van der Waals surface area contributed by atoms with Gasteiger partial charge in [-0.3, -0.25) is 4.98 Å². The summed E-state index contributed by atoms with van der Waals surface area (Å²) in [5.41, 5.74) is 11.0. The maximum atomic E-state index is 6.57. The Morgan fingerprint density at radius 2 is 1.27 bits per heavy atom. The first-order valence-corrected chi connectivity index (χ1v) is 18.4. The summed E-state index contributed by atoms with van der Waals surface area (Å²) in [6.07, 6.45) is 3.69. The summed E-state index contributed by atoms with van der Waals surface area (Å²) in [6.45, 7) is 0. The monoisotopic (exact) mass is 681 g/mol. The molecular weight excluding hydrogens is 655 g/mol. The van der Waals surface area contributed by atoms with E-state index in [-0.39, 0.29) is 0 Å². The molecule has 12 aromatic rings. The molecule has 0 radical (unpaired) electrons. The van der Waals surface area contributed by atoms with Crippen LogP contribution in [-0.2, 0) is 0 Å². The van der Waals surface area contributed by atoms with Crippen LogP contribution in [0.1, 0.15) is 0 Å². The Balaban J connectivity index is 1.18. The number of benzene rings is 7. The van der Waals surface area contributed by atoms with Crippen molar-refractivity contribution in [3.8, 4) is 22.5 Å². The molecule has 0 spiro atoms. The van der Waals surface area contributed by atoms with E-state index >= 15 is 0 Å². The van der Waals surface area contributed by atoms with E-state index in [0.29, 0.717) is 0 Å². The molecule has 5 heteroatoms. The van der Waals surface area contributed by atoms with Crippen LogP contribution in [0.2, 0.25) is 0 Å². The predicted octanol–water partition coefficient (Wildman–Crippen LogP) is 13.2. The van der Waals surface area contributed by atoms with Crippen molar-refractivity contribution in [2.24, 2.45) is 0 Å². The highest BCUT2D eigenvalue weighted by atomic mass is 32.1. The van der Waals surface area contributed by atoms with Crippen LogP contribution < -0.4 is 0 Å². The number of hydrogen-bond acceptors (Lipinski definition) is 3. The Labute approximate surface area is 301 Å². The van der Waals surface area contributed by atoms with Crippen molar-refractivity contribution in [1.82, 2.24) is 14.1 Å². The molecule has 0 aliphatic rings. The van der Waals surface area contributed by atoms with Gasteiger partial charge in [-0.05, 0) is 59.7 Å². The predicted molar refractivity (Wildman–Crippen MR) is 219 cm³/mol. The fourth-order valence-electron chi connectivity index (χ4n) is 8.63. The van der Waals surface area contributed by atoms with Crippen LogP contribution >= 0.6 is 11.3 Å². The van der Waals surface area contributed by atoms with E-state index in [1.165, 1.54) is 63.9 Å². The van der Waals surface area contributed by atoms with E-state index in [0.717, 1.165) is 44.3 Å². The van der Waals surface area contributed by atoms with Gasteiger partial charge in [-0.1, -0.05) is 103 Å². The fraction of sp³-hybridized carbons (Fsp3) is 0. The molecule has 0 bridgehead atoms. The number of aromatic nitrogens is 3. The Bertz CT molecular complexity index is 3430. The highest BCUT2D eigenvalue weighted by Gasteiger charge is 2.23. The van der Waals surface area contributed by atoms with Gasteiger partial charge in [-0.15, -0.1) is 11.3 Å². The average Bonchev–Trinajstić information content (AvgIpc) is 3.95. The maximum absolute atomic E-state index is 6.57. The standard InChI is InChI=1S/C47H27N3OS/c1-4-18-38-31(12-1)33-22-23-40-44(36-14-2-5-19-39(36)50(40)41-20-9-16-34-37-27-48-25-24-42(37)51-46(34)41)45(33)49(38)29-11-7-10-28(26-29)30-15-8-17-35-32-13-3-6-21-43(32)52-47(30)35/h1-27H. The quantitative estimate of drug-likeness (QED) is 0.186. The molecule has 5 heterocycles. The van der Waals surface area contributed by atoms with E-state index in [1.807, 2.05) is 23.6 Å². The van der Waals surface area contributed by atoms with E-state index in [1.54, 1.807) is 6.20 Å². The van der Waals surface area contributed by atoms with Crippen molar-refractivity contribution < 1.29 is 4.42 Å². The molecule has 0 unspecified atom stereocenters. The normalized spacial score (nSPS) is 12.2. The molecule has 0 saturated heterocycles. The lowest BCUT2D eigenvalue weighted by atomic mass is 10.0. The third kappa shape index (κ3) is 3.72. The number of pyridine rings is 1. The second-order valence-corrected chi connectivity index (χ2v) is 14.6. The molecule has 0 aliphatic carbocycles. The van der Waals surface area contributed by atoms with Crippen molar-refractivity contribution in [3.05, 3.63) is 164 Å². The Morgan fingerprint density at radius 1 is 0.519 bits per heavy atom.